The van der Waals surface area contributed by atoms with Gasteiger partial charge in [0.1, 0.15) is 0 Å². The molecule has 31 heavy (non-hydrogen) atoms. The molecule has 2 heterocycles. The lowest BCUT2D eigenvalue weighted by Crippen LogP contribution is -2.44. The largest absolute Gasteiger partial charge is 0.311 e. The van der Waals surface area contributed by atoms with E-state index >= 15 is 0 Å². The number of nitrogens with zero attached hydrogens (tertiary/aromatic N) is 2. The molecule has 164 valence electrons. The molecule has 0 aliphatic carbocycles. The van der Waals surface area contributed by atoms with E-state index in [9.17, 15) is 18.0 Å². The van der Waals surface area contributed by atoms with Gasteiger partial charge >= 0.3 is 0 Å². The molecule has 2 aromatic rings. The summed E-state index contributed by atoms with van der Waals surface area (Å²) in [7, 11) is -3.69. The van der Waals surface area contributed by atoms with Crippen LogP contribution in [0.4, 0.5) is 5.69 Å². The van der Waals surface area contributed by atoms with E-state index in [1.165, 1.54) is 23.4 Å². The Kier molecular flexibility index (Phi) is 6.50. The Bertz CT molecular complexity index is 1090. The lowest BCUT2D eigenvalue weighted by molar-refractivity contribution is -0.123. The highest BCUT2D eigenvalue weighted by Gasteiger charge is 2.35. The summed E-state index contributed by atoms with van der Waals surface area (Å²) in [6.45, 7) is 2.71. The summed E-state index contributed by atoms with van der Waals surface area (Å²) >= 11 is 1.78. The number of para-hydroxylation sites is 1. The first-order chi connectivity index (χ1) is 14.9. The molecule has 1 amide bonds. The van der Waals surface area contributed by atoms with Gasteiger partial charge in [0, 0.05) is 36.0 Å². The summed E-state index contributed by atoms with van der Waals surface area (Å²) in [6.07, 6.45) is 1.93. The van der Waals surface area contributed by atoms with Gasteiger partial charge in [0.15, 0.2) is 5.78 Å². The van der Waals surface area contributed by atoms with Gasteiger partial charge in [0.05, 0.1) is 10.6 Å². The van der Waals surface area contributed by atoms with Crippen molar-refractivity contribution in [3.63, 3.8) is 0 Å². The molecular weight excluding hydrogens is 432 g/mol. The van der Waals surface area contributed by atoms with Crippen LogP contribution in [0.25, 0.3) is 0 Å². The van der Waals surface area contributed by atoms with Crippen LogP contribution in [0.2, 0.25) is 0 Å². The highest BCUT2D eigenvalue weighted by Crippen LogP contribution is 2.35. The molecule has 2 aliphatic rings. The van der Waals surface area contributed by atoms with E-state index in [1.807, 2.05) is 23.1 Å². The summed E-state index contributed by atoms with van der Waals surface area (Å²) in [4.78, 5) is 28.1. The number of sulfonamides is 1. The van der Waals surface area contributed by atoms with Gasteiger partial charge < -0.3 is 4.90 Å². The summed E-state index contributed by atoms with van der Waals surface area (Å²) in [5, 5.41) is 0. The van der Waals surface area contributed by atoms with Gasteiger partial charge in [-0.1, -0.05) is 24.3 Å². The number of anilines is 1. The van der Waals surface area contributed by atoms with Crippen molar-refractivity contribution >= 4 is 39.2 Å². The zero-order chi connectivity index (χ0) is 22.0. The average molecular weight is 459 g/mol. The predicted molar refractivity (Wildman–Crippen MR) is 122 cm³/mol. The second-order valence-corrected chi connectivity index (χ2v) is 11.0. The number of benzene rings is 2. The van der Waals surface area contributed by atoms with Crippen LogP contribution < -0.4 is 4.90 Å². The van der Waals surface area contributed by atoms with E-state index in [-0.39, 0.29) is 22.5 Å². The molecule has 0 N–H and O–H groups in total. The first kappa shape index (κ1) is 22.0. The van der Waals surface area contributed by atoms with E-state index in [0.717, 1.165) is 22.8 Å². The third-order valence-corrected chi connectivity index (χ3v) is 8.93. The van der Waals surface area contributed by atoms with Gasteiger partial charge in [-0.3, -0.25) is 9.59 Å². The highest BCUT2D eigenvalue weighted by atomic mass is 32.2. The van der Waals surface area contributed by atoms with E-state index in [1.54, 1.807) is 23.9 Å². The molecule has 4 rings (SSSR count). The van der Waals surface area contributed by atoms with Crippen LogP contribution in [0.15, 0.2) is 58.3 Å². The third-order valence-electron chi connectivity index (χ3n) is 5.89. The van der Waals surface area contributed by atoms with Crippen molar-refractivity contribution in [1.82, 2.24) is 4.31 Å². The van der Waals surface area contributed by atoms with Crippen molar-refractivity contribution < 1.29 is 18.0 Å². The first-order valence-electron chi connectivity index (χ1n) is 10.5. The number of carbonyl (C=O) groups is 2. The van der Waals surface area contributed by atoms with Crippen LogP contribution in [0, 0.1) is 5.92 Å². The summed E-state index contributed by atoms with van der Waals surface area (Å²) in [5.41, 5.74) is 1.34. The Morgan fingerprint density at radius 3 is 2.48 bits per heavy atom. The Hall–Kier alpha value is -2.16. The molecule has 0 aromatic heterocycles. The van der Waals surface area contributed by atoms with Crippen LogP contribution in [-0.2, 0) is 14.8 Å². The van der Waals surface area contributed by atoms with Gasteiger partial charge in [0.2, 0.25) is 15.9 Å². The van der Waals surface area contributed by atoms with Crippen molar-refractivity contribution in [3.05, 3.63) is 54.1 Å². The van der Waals surface area contributed by atoms with E-state index in [4.69, 9.17) is 0 Å². The Balaban J connectivity index is 1.47. The number of thioether (sulfide) groups is 1. The Labute approximate surface area is 187 Å². The topological polar surface area (TPSA) is 74.8 Å². The van der Waals surface area contributed by atoms with Crippen LogP contribution in [0.3, 0.4) is 0 Å². The number of Topliss-reactive ketones (excluding diaryl/α,β-unsaturated/α-hetero) is 1. The standard InChI is InChI=1S/C23H26N2O4S2/c1-17(26)19-6-4-7-20(16-19)31(28,29)24-13-10-18(11-14-24)23(27)25-12-5-15-30-22-9-3-2-8-21(22)25/h2-4,6-9,16,18H,5,10-15H2,1H3. The maximum Gasteiger partial charge on any atom is 0.243 e. The van der Waals surface area contributed by atoms with E-state index < -0.39 is 10.0 Å². The number of hydrogen-bond acceptors (Lipinski definition) is 5. The highest BCUT2D eigenvalue weighted by molar-refractivity contribution is 7.99. The fraction of sp³-hybridized carbons (Fsp3) is 0.391. The minimum Gasteiger partial charge on any atom is -0.311 e. The number of amides is 1. The Morgan fingerprint density at radius 1 is 1.00 bits per heavy atom. The lowest BCUT2D eigenvalue weighted by Gasteiger charge is -2.33. The molecule has 0 unspecified atom stereocenters. The molecule has 0 spiro atoms. The molecule has 1 fully saturated rings. The quantitative estimate of drug-likeness (QED) is 0.651. The molecule has 1 saturated heterocycles. The predicted octanol–water partition coefficient (Wildman–Crippen LogP) is 3.82. The van der Waals surface area contributed by atoms with Crippen molar-refractivity contribution in [2.24, 2.45) is 5.92 Å². The molecule has 0 bridgehead atoms. The molecule has 0 radical (unpaired) electrons. The Morgan fingerprint density at radius 2 is 1.74 bits per heavy atom. The monoisotopic (exact) mass is 458 g/mol. The second-order valence-electron chi connectivity index (χ2n) is 7.92. The van der Waals surface area contributed by atoms with Gasteiger partial charge in [-0.2, -0.15) is 4.31 Å². The van der Waals surface area contributed by atoms with Gasteiger partial charge in [-0.15, -0.1) is 11.8 Å². The maximum atomic E-state index is 13.3. The number of ketones is 1. The lowest BCUT2D eigenvalue weighted by atomic mass is 9.96. The van der Waals surface area contributed by atoms with Crippen molar-refractivity contribution in [2.75, 3.05) is 30.3 Å². The summed E-state index contributed by atoms with van der Waals surface area (Å²) in [6, 6.07) is 14.1. The molecule has 2 aliphatic heterocycles. The maximum absolute atomic E-state index is 13.3. The number of piperidine rings is 1. The van der Waals surface area contributed by atoms with Crippen LogP contribution >= 0.6 is 11.8 Å². The second kappa shape index (κ2) is 9.14. The summed E-state index contributed by atoms with van der Waals surface area (Å²) in [5.74, 6) is 0.713. The average Bonchev–Trinajstić information content (AvgIpc) is 3.01. The summed E-state index contributed by atoms with van der Waals surface area (Å²) < 4.78 is 27.6. The van der Waals surface area contributed by atoms with Crippen molar-refractivity contribution in [1.29, 1.82) is 0 Å². The number of carbonyl (C=O) groups excluding carboxylic acids is 2. The molecule has 0 saturated carbocycles. The molecule has 6 nitrogen and oxygen atoms in total. The van der Waals surface area contributed by atoms with Gasteiger partial charge in [0.25, 0.3) is 0 Å². The van der Waals surface area contributed by atoms with Crippen molar-refractivity contribution in [2.45, 2.75) is 36.0 Å². The molecular formula is C23H26N2O4S2. The fourth-order valence-corrected chi connectivity index (χ4v) is 6.65. The minimum atomic E-state index is -3.69. The van der Waals surface area contributed by atoms with Gasteiger partial charge in [-0.25, -0.2) is 8.42 Å². The third kappa shape index (κ3) is 4.56. The normalized spacial score (nSPS) is 18.3. The van der Waals surface area contributed by atoms with Crippen LogP contribution in [0.1, 0.15) is 36.5 Å². The number of hydrogen-bond donors (Lipinski definition) is 0. The number of fused-ring (bicyclic) bond motifs is 1. The number of rotatable bonds is 4. The zero-order valence-electron chi connectivity index (χ0n) is 17.5. The SMILES string of the molecule is CC(=O)c1cccc(S(=O)(=O)N2CCC(C(=O)N3CCCSc4ccccc43)CC2)c1. The first-order valence-corrected chi connectivity index (χ1v) is 12.9. The van der Waals surface area contributed by atoms with Crippen LogP contribution in [-0.4, -0.2) is 49.8 Å². The van der Waals surface area contributed by atoms with Crippen LogP contribution in [0.5, 0.6) is 0 Å². The minimum absolute atomic E-state index is 0.0885. The van der Waals surface area contributed by atoms with Crippen molar-refractivity contribution in [3.8, 4) is 0 Å². The zero-order valence-corrected chi connectivity index (χ0v) is 19.1. The molecule has 2 aromatic carbocycles. The van der Waals surface area contributed by atoms with E-state index in [0.29, 0.717) is 38.0 Å². The van der Waals surface area contributed by atoms with E-state index in [2.05, 4.69) is 6.07 Å². The molecule has 8 heteroatoms. The smallest absolute Gasteiger partial charge is 0.243 e. The van der Waals surface area contributed by atoms with Gasteiger partial charge in [-0.05, 0) is 56.2 Å². The fourth-order valence-electron chi connectivity index (χ4n) is 4.14. The molecule has 0 atom stereocenters.